The summed E-state index contributed by atoms with van der Waals surface area (Å²) in [5.41, 5.74) is 19.7. The van der Waals surface area contributed by atoms with Gasteiger partial charge in [0, 0.05) is 37.7 Å². The lowest BCUT2D eigenvalue weighted by atomic mass is 9.69. The summed E-state index contributed by atoms with van der Waals surface area (Å²) in [4.78, 5) is 9.32. The minimum atomic E-state index is -3.29. The number of aromatic nitrogens is 2. The molecule has 0 bridgehead atoms. The SMILES string of the molecule is CCC(C)C(CC(F)(F)C(O)CN)C1(C)CC(CNc2ccc(N)c(-c3cc(NC4CCCCC4)ncc3N)n2)CCO1. The van der Waals surface area contributed by atoms with Crippen LogP contribution in [-0.4, -0.2) is 58.4 Å². The molecule has 1 saturated carbocycles. The van der Waals surface area contributed by atoms with Crippen LogP contribution < -0.4 is 27.8 Å². The van der Waals surface area contributed by atoms with E-state index < -0.39 is 36.5 Å². The number of rotatable bonds is 13. The number of aliphatic hydroxyl groups is 1. The zero-order valence-corrected chi connectivity index (χ0v) is 25.9. The summed E-state index contributed by atoms with van der Waals surface area (Å²) in [6.07, 6.45) is 7.42. The lowest BCUT2D eigenvalue weighted by Gasteiger charge is -2.47. The number of hydrogen-bond acceptors (Lipinski definition) is 9. The molecule has 3 heterocycles. The van der Waals surface area contributed by atoms with Gasteiger partial charge in [-0.3, -0.25) is 0 Å². The monoisotopic (exact) mass is 603 g/mol. The predicted molar refractivity (Wildman–Crippen MR) is 170 cm³/mol. The number of nitrogens with zero attached hydrogens (tertiary/aromatic N) is 2. The number of anilines is 4. The maximum absolute atomic E-state index is 14.9. The topological polar surface area (TPSA) is 157 Å². The molecule has 240 valence electrons. The molecule has 2 aromatic heterocycles. The van der Waals surface area contributed by atoms with Crippen molar-refractivity contribution in [1.82, 2.24) is 9.97 Å². The van der Waals surface area contributed by atoms with E-state index in [9.17, 15) is 13.9 Å². The standard InChI is InChI=1S/C32H51F2N7O2/c1-4-20(2)24(16-32(33,34)27(42)17-35)31(3)15-21(12-13-43-31)18-38-28-11-10-25(36)30(41-28)23-14-29(39-19-26(23)37)40-22-8-6-5-7-9-22/h10-11,14,19-22,24,27,42H,4-9,12-13,15-18,35-37H2,1-3H3,(H,38,41)(H,39,40). The van der Waals surface area contributed by atoms with Crippen LogP contribution in [0.5, 0.6) is 0 Å². The Labute approximate surface area is 254 Å². The van der Waals surface area contributed by atoms with Crippen molar-refractivity contribution in [1.29, 1.82) is 0 Å². The Bertz CT molecular complexity index is 1200. The number of halogens is 2. The molecule has 4 rings (SSSR count). The van der Waals surface area contributed by atoms with Crippen molar-refractivity contribution in [3.8, 4) is 11.3 Å². The van der Waals surface area contributed by atoms with E-state index in [1.807, 2.05) is 39.0 Å². The van der Waals surface area contributed by atoms with E-state index in [1.54, 1.807) is 6.20 Å². The summed E-state index contributed by atoms with van der Waals surface area (Å²) < 4.78 is 36.0. The molecule has 43 heavy (non-hydrogen) atoms. The number of nitrogens with two attached hydrogens (primary N) is 3. The van der Waals surface area contributed by atoms with Crippen LogP contribution in [0.2, 0.25) is 0 Å². The average molecular weight is 604 g/mol. The van der Waals surface area contributed by atoms with E-state index in [0.717, 1.165) is 37.1 Å². The third kappa shape index (κ3) is 8.25. The minimum Gasteiger partial charge on any atom is -0.397 e. The number of alkyl halides is 2. The van der Waals surface area contributed by atoms with Crippen molar-refractivity contribution in [2.75, 3.05) is 41.8 Å². The van der Waals surface area contributed by atoms with Gasteiger partial charge in [0.25, 0.3) is 5.92 Å². The van der Waals surface area contributed by atoms with Gasteiger partial charge in [0.2, 0.25) is 0 Å². The van der Waals surface area contributed by atoms with E-state index in [4.69, 9.17) is 26.9 Å². The summed E-state index contributed by atoms with van der Waals surface area (Å²) in [5.74, 6) is -2.14. The summed E-state index contributed by atoms with van der Waals surface area (Å²) in [7, 11) is 0. The lowest BCUT2D eigenvalue weighted by Crippen LogP contribution is -2.51. The first-order valence-electron chi connectivity index (χ1n) is 15.9. The highest BCUT2D eigenvalue weighted by molar-refractivity contribution is 5.83. The first kappa shape index (κ1) is 33.1. The molecular formula is C32H51F2N7O2. The number of ether oxygens (including phenoxy) is 1. The van der Waals surface area contributed by atoms with Crippen molar-refractivity contribution in [2.45, 2.75) is 102 Å². The van der Waals surface area contributed by atoms with E-state index in [-0.39, 0.29) is 11.8 Å². The van der Waals surface area contributed by atoms with Gasteiger partial charge in [-0.15, -0.1) is 0 Å². The van der Waals surface area contributed by atoms with E-state index >= 15 is 0 Å². The molecule has 0 spiro atoms. The Kier molecular flexibility index (Phi) is 11.1. The van der Waals surface area contributed by atoms with Crippen LogP contribution in [0.1, 0.15) is 78.6 Å². The molecule has 0 amide bonds. The molecule has 0 radical (unpaired) electrons. The molecule has 1 saturated heterocycles. The van der Waals surface area contributed by atoms with Gasteiger partial charge in [-0.1, -0.05) is 39.5 Å². The zero-order chi connectivity index (χ0) is 31.2. The molecule has 9 N–H and O–H groups in total. The Morgan fingerprint density at radius 3 is 2.58 bits per heavy atom. The summed E-state index contributed by atoms with van der Waals surface area (Å²) >= 11 is 0. The van der Waals surface area contributed by atoms with Crippen molar-refractivity contribution >= 4 is 23.0 Å². The fraction of sp³-hybridized carbons (Fsp3) is 0.688. The molecule has 5 unspecified atom stereocenters. The normalized spacial score (nSPS) is 23.8. The molecule has 1 aliphatic carbocycles. The fourth-order valence-corrected chi connectivity index (χ4v) is 6.77. The van der Waals surface area contributed by atoms with Gasteiger partial charge >= 0.3 is 0 Å². The van der Waals surface area contributed by atoms with Gasteiger partial charge in [-0.25, -0.2) is 18.7 Å². The highest BCUT2D eigenvalue weighted by Crippen LogP contribution is 2.45. The highest BCUT2D eigenvalue weighted by Gasteiger charge is 2.49. The molecule has 2 aromatic rings. The van der Waals surface area contributed by atoms with Gasteiger partial charge < -0.3 is 37.7 Å². The van der Waals surface area contributed by atoms with Crippen molar-refractivity contribution < 1.29 is 18.6 Å². The molecule has 2 aliphatic rings. The summed E-state index contributed by atoms with van der Waals surface area (Å²) in [5, 5.41) is 16.9. The van der Waals surface area contributed by atoms with Gasteiger partial charge in [0.15, 0.2) is 0 Å². The molecule has 2 fully saturated rings. The smallest absolute Gasteiger partial charge is 0.275 e. The van der Waals surface area contributed by atoms with E-state index in [2.05, 4.69) is 15.6 Å². The Morgan fingerprint density at radius 1 is 1.14 bits per heavy atom. The molecular weight excluding hydrogens is 552 g/mol. The Balaban J connectivity index is 1.46. The van der Waals surface area contributed by atoms with Crippen molar-refractivity contribution in [2.24, 2.45) is 23.5 Å². The van der Waals surface area contributed by atoms with E-state index in [0.29, 0.717) is 48.5 Å². The van der Waals surface area contributed by atoms with Crippen molar-refractivity contribution in [3.63, 3.8) is 0 Å². The van der Waals surface area contributed by atoms with Gasteiger partial charge in [-0.05, 0) is 68.6 Å². The second-order valence-corrected chi connectivity index (χ2v) is 12.9. The van der Waals surface area contributed by atoms with Crippen LogP contribution in [0.15, 0.2) is 24.4 Å². The highest BCUT2D eigenvalue weighted by atomic mass is 19.3. The van der Waals surface area contributed by atoms with Gasteiger partial charge in [0.05, 0.1) is 28.9 Å². The fourth-order valence-electron chi connectivity index (χ4n) is 6.77. The second kappa shape index (κ2) is 14.3. The van der Waals surface area contributed by atoms with Crippen LogP contribution in [-0.2, 0) is 4.74 Å². The number of pyridine rings is 2. The quantitative estimate of drug-likeness (QED) is 0.170. The largest absolute Gasteiger partial charge is 0.397 e. The number of hydrogen-bond donors (Lipinski definition) is 6. The van der Waals surface area contributed by atoms with Gasteiger partial charge in [0.1, 0.15) is 17.7 Å². The second-order valence-electron chi connectivity index (χ2n) is 12.9. The molecule has 1 aliphatic heterocycles. The van der Waals surface area contributed by atoms with Crippen LogP contribution >= 0.6 is 0 Å². The summed E-state index contributed by atoms with van der Waals surface area (Å²) in [6.45, 7) is 6.51. The Hall–Kier alpha value is -2.76. The lowest BCUT2D eigenvalue weighted by molar-refractivity contribution is -0.176. The maximum Gasteiger partial charge on any atom is 0.275 e. The van der Waals surface area contributed by atoms with Crippen LogP contribution in [0.25, 0.3) is 11.3 Å². The first-order valence-corrected chi connectivity index (χ1v) is 15.9. The number of aliphatic hydroxyl groups excluding tert-OH is 1. The third-order valence-corrected chi connectivity index (χ3v) is 9.62. The number of nitrogen functional groups attached to an aromatic ring is 2. The van der Waals surface area contributed by atoms with Crippen LogP contribution in [0.4, 0.5) is 31.8 Å². The maximum atomic E-state index is 14.9. The predicted octanol–water partition coefficient (Wildman–Crippen LogP) is 5.66. The number of nitrogens with one attached hydrogen (secondary N) is 2. The molecule has 11 heteroatoms. The van der Waals surface area contributed by atoms with Crippen LogP contribution in [0.3, 0.4) is 0 Å². The molecule has 5 atom stereocenters. The minimum absolute atomic E-state index is 0.0165. The first-order chi connectivity index (χ1) is 20.5. The molecule has 9 nitrogen and oxygen atoms in total. The summed E-state index contributed by atoms with van der Waals surface area (Å²) in [6, 6.07) is 5.98. The third-order valence-electron chi connectivity index (χ3n) is 9.62. The Morgan fingerprint density at radius 2 is 1.88 bits per heavy atom. The molecule has 0 aromatic carbocycles. The zero-order valence-electron chi connectivity index (χ0n) is 25.9. The van der Waals surface area contributed by atoms with Crippen LogP contribution in [0, 0.1) is 17.8 Å². The van der Waals surface area contributed by atoms with Crippen molar-refractivity contribution in [3.05, 3.63) is 24.4 Å². The van der Waals surface area contributed by atoms with Gasteiger partial charge in [-0.2, -0.15) is 0 Å². The average Bonchev–Trinajstić information content (AvgIpc) is 3.00. The van der Waals surface area contributed by atoms with E-state index in [1.165, 1.54) is 19.3 Å².